The lowest BCUT2D eigenvalue weighted by atomic mass is 10.0. The SMILES string of the molecule is CS(=O)(=O)OCCc1ccc(C(=O)c2ccccc2)cc1. The predicted molar refractivity (Wildman–Crippen MR) is 80.8 cm³/mol. The summed E-state index contributed by atoms with van der Waals surface area (Å²) in [5.74, 6) is -0.0328. The topological polar surface area (TPSA) is 60.4 Å². The summed E-state index contributed by atoms with van der Waals surface area (Å²) in [6.07, 6.45) is 1.50. The normalized spacial score (nSPS) is 11.3. The molecule has 0 aliphatic heterocycles. The van der Waals surface area contributed by atoms with Crippen molar-refractivity contribution in [3.63, 3.8) is 0 Å². The van der Waals surface area contributed by atoms with E-state index in [0.717, 1.165) is 11.8 Å². The van der Waals surface area contributed by atoms with Crippen molar-refractivity contribution in [1.82, 2.24) is 0 Å². The van der Waals surface area contributed by atoms with Crippen LogP contribution in [0.25, 0.3) is 0 Å². The molecule has 110 valence electrons. The Hall–Kier alpha value is -1.98. The van der Waals surface area contributed by atoms with Gasteiger partial charge < -0.3 is 0 Å². The highest BCUT2D eigenvalue weighted by atomic mass is 32.2. The van der Waals surface area contributed by atoms with E-state index in [0.29, 0.717) is 17.5 Å². The Balaban J connectivity index is 2.01. The van der Waals surface area contributed by atoms with E-state index in [1.165, 1.54) is 0 Å². The maximum atomic E-state index is 12.2. The second-order valence-corrected chi connectivity index (χ2v) is 6.31. The van der Waals surface area contributed by atoms with Crippen LogP contribution >= 0.6 is 0 Å². The molecule has 0 unspecified atom stereocenters. The average molecular weight is 304 g/mol. The standard InChI is InChI=1S/C16H16O4S/c1-21(18,19)20-12-11-13-7-9-15(10-8-13)16(17)14-5-3-2-4-6-14/h2-10H,11-12H2,1H3. The fraction of sp³-hybridized carbons (Fsp3) is 0.188. The van der Waals surface area contributed by atoms with Gasteiger partial charge in [-0.1, -0.05) is 54.6 Å². The largest absolute Gasteiger partial charge is 0.289 e. The molecule has 5 heteroatoms. The molecule has 0 heterocycles. The molecule has 0 aromatic heterocycles. The molecule has 0 N–H and O–H groups in total. The van der Waals surface area contributed by atoms with Crippen molar-refractivity contribution in [2.24, 2.45) is 0 Å². The number of benzene rings is 2. The van der Waals surface area contributed by atoms with Crippen molar-refractivity contribution in [2.75, 3.05) is 12.9 Å². The van der Waals surface area contributed by atoms with Gasteiger partial charge >= 0.3 is 0 Å². The Morgan fingerprint density at radius 1 is 0.952 bits per heavy atom. The van der Waals surface area contributed by atoms with E-state index in [2.05, 4.69) is 4.18 Å². The molecular weight excluding hydrogens is 288 g/mol. The third kappa shape index (κ3) is 4.81. The number of carbonyl (C=O) groups is 1. The van der Waals surface area contributed by atoms with Crippen LogP contribution in [0.15, 0.2) is 54.6 Å². The quantitative estimate of drug-likeness (QED) is 0.607. The molecule has 0 spiro atoms. The second-order valence-electron chi connectivity index (χ2n) is 4.67. The number of hydrogen-bond donors (Lipinski definition) is 0. The third-order valence-corrected chi connectivity index (χ3v) is 3.54. The van der Waals surface area contributed by atoms with Crippen molar-refractivity contribution >= 4 is 15.9 Å². The van der Waals surface area contributed by atoms with Gasteiger partial charge in [0.1, 0.15) is 0 Å². The summed E-state index contributed by atoms with van der Waals surface area (Å²) in [7, 11) is -3.41. The van der Waals surface area contributed by atoms with Crippen molar-refractivity contribution in [3.05, 3.63) is 71.3 Å². The highest BCUT2D eigenvalue weighted by Crippen LogP contribution is 2.11. The number of hydrogen-bond acceptors (Lipinski definition) is 4. The summed E-state index contributed by atoms with van der Waals surface area (Å²) in [5.41, 5.74) is 2.17. The monoisotopic (exact) mass is 304 g/mol. The zero-order valence-corrected chi connectivity index (χ0v) is 12.5. The molecule has 2 rings (SSSR count). The van der Waals surface area contributed by atoms with Crippen LogP contribution in [0.2, 0.25) is 0 Å². The van der Waals surface area contributed by atoms with Crippen molar-refractivity contribution in [1.29, 1.82) is 0 Å². The van der Waals surface area contributed by atoms with Gasteiger partial charge in [-0.3, -0.25) is 8.98 Å². The first-order valence-corrected chi connectivity index (χ1v) is 8.30. The van der Waals surface area contributed by atoms with Crippen LogP contribution in [0.5, 0.6) is 0 Å². The van der Waals surface area contributed by atoms with Crippen LogP contribution in [0, 0.1) is 0 Å². The molecule has 21 heavy (non-hydrogen) atoms. The first-order valence-electron chi connectivity index (χ1n) is 6.49. The number of rotatable bonds is 6. The van der Waals surface area contributed by atoms with Crippen LogP contribution in [0.1, 0.15) is 21.5 Å². The van der Waals surface area contributed by atoms with Gasteiger partial charge in [0.2, 0.25) is 0 Å². The lowest BCUT2D eigenvalue weighted by Crippen LogP contribution is -2.06. The lowest BCUT2D eigenvalue weighted by molar-refractivity contribution is 0.103. The first-order chi connectivity index (χ1) is 9.96. The van der Waals surface area contributed by atoms with E-state index >= 15 is 0 Å². The van der Waals surface area contributed by atoms with Gasteiger partial charge in [-0.25, -0.2) is 0 Å². The molecule has 0 atom stereocenters. The summed E-state index contributed by atoms with van der Waals surface area (Å²) < 4.78 is 26.4. The minimum absolute atomic E-state index is 0.0328. The summed E-state index contributed by atoms with van der Waals surface area (Å²) in [6.45, 7) is 0.102. The van der Waals surface area contributed by atoms with Gasteiger partial charge in [-0.15, -0.1) is 0 Å². The highest BCUT2D eigenvalue weighted by Gasteiger charge is 2.08. The summed E-state index contributed by atoms with van der Waals surface area (Å²) >= 11 is 0. The van der Waals surface area contributed by atoms with E-state index in [1.54, 1.807) is 24.3 Å². The third-order valence-electron chi connectivity index (χ3n) is 2.94. The molecule has 2 aromatic carbocycles. The number of carbonyl (C=O) groups excluding carboxylic acids is 1. The molecule has 2 aromatic rings. The van der Waals surface area contributed by atoms with E-state index in [1.807, 2.05) is 30.3 Å². The van der Waals surface area contributed by atoms with Crippen molar-refractivity contribution < 1.29 is 17.4 Å². The van der Waals surface area contributed by atoms with E-state index in [9.17, 15) is 13.2 Å². The Morgan fingerprint density at radius 2 is 1.52 bits per heavy atom. The van der Waals surface area contributed by atoms with Crippen LogP contribution in [0.4, 0.5) is 0 Å². The zero-order valence-electron chi connectivity index (χ0n) is 11.7. The van der Waals surface area contributed by atoms with Gasteiger partial charge in [-0.05, 0) is 12.0 Å². The summed E-state index contributed by atoms with van der Waals surface area (Å²) in [5, 5.41) is 0. The summed E-state index contributed by atoms with van der Waals surface area (Å²) in [4.78, 5) is 12.2. The maximum absolute atomic E-state index is 12.2. The highest BCUT2D eigenvalue weighted by molar-refractivity contribution is 7.85. The van der Waals surface area contributed by atoms with E-state index in [-0.39, 0.29) is 12.4 Å². The van der Waals surface area contributed by atoms with Gasteiger partial charge in [0.15, 0.2) is 5.78 Å². The van der Waals surface area contributed by atoms with Gasteiger partial charge in [0.25, 0.3) is 10.1 Å². The Labute approximate surface area is 124 Å². The van der Waals surface area contributed by atoms with Gasteiger partial charge in [-0.2, -0.15) is 8.42 Å². The molecule has 0 saturated carbocycles. The molecule has 0 saturated heterocycles. The van der Waals surface area contributed by atoms with E-state index < -0.39 is 10.1 Å². The first kappa shape index (κ1) is 15.4. The van der Waals surface area contributed by atoms with Gasteiger partial charge in [0, 0.05) is 11.1 Å². The zero-order chi connectivity index (χ0) is 15.3. The molecule has 0 radical (unpaired) electrons. The molecular formula is C16H16O4S. The predicted octanol–water partition coefficient (Wildman–Crippen LogP) is 2.44. The molecule has 0 fully saturated rings. The molecule has 0 aliphatic carbocycles. The van der Waals surface area contributed by atoms with Crippen LogP contribution in [-0.2, 0) is 20.7 Å². The molecule has 0 bridgehead atoms. The molecule has 4 nitrogen and oxygen atoms in total. The van der Waals surface area contributed by atoms with Crippen molar-refractivity contribution in [3.8, 4) is 0 Å². The van der Waals surface area contributed by atoms with Gasteiger partial charge in [0.05, 0.1) is 12.9 Å². The smallest absolute Gasteiger partial charge is 0.264 e. The van der Waals surface area contributed by atoms with Crippen molar-refractivity contribution in [2.45, 2.75) is 6.42 Å². The fourth-order valence-corrected chi connectivity index (χ4v) is 2.28. The summed E-state index contributed by atoms with van der Waals surface area (Å²) in [6, 6.07) is 16.2. The Bertz CT molecular complexity index is 704. The second kappa shape index (κ2) is 6.65. The fourth-order valence-electron chi connectivity index (χ4n) is 1.89. The van der Waals surface area contributed by atoms with Crippen LogP contribution < -0.4 is 0 Å². The number of ketones is 1. The van der Waals surface area contributed by atoms with E-state index in [4.69, 9.17) is 0 Å². The molecule has 0 amide bonds. The minimum Gasteiger partial charge on any atom is -0.289 e. The minimum atomic E-state index is -3.41. The Morgan fingerprint density at radius 3 is 2.10 bits per heavy atom. The Kier molecular flexibility index (Phi) is 4.88. The van der Waals surface area contributed by atoms with Crippen LogP contribution in [-0.4, -0.2) is 27.1 Å². The lowest BCUT2D eigenvalue weighted by Gasteiger charge is -2.04. The average Bonchev–Trinajstić information content (AvgIpc) is 2.47. The maximum Gasteiger partial charge on any atom is 0.264 e. The molecule has 0 aliphatic rings. The van der Waals surface area contributed by atoms with Crippen LogP contribution in [0.3, 0.4) is 0 Å².